The number of rotatable bonds is 5. The Morgan fingerprint density at radius 3 is 2.47 bits per heavy atom. The van der Waals surface area contributed by atoms with Crippen LogP contribution in [0, 0.1) is 0 Å². The minimum Gasteiger partial charge on any atom is -0.481 e. The third-order valence-corrected chi connectivity index (χ3v) is 2.57. The summed E-state index contributed by atoms with van der Waals surface area (Å²) in [6.45, 7) is 0. The lowest BCUT2D eigenvalue weighted by molar-refractivity contribution is -0.137. The van der Waals surface area contributed by atoms with Gasteiger partial charge in [0.15, 0.2) is 0 Å². The molecule has 0 aliphatic rings. The van der Waals surface area contributed by atoms with Crippen LogP contribution in [0.1, 0.15) is 18.4 Å². The molecule has 0 radical (unpaired) electrons. The molecule has 1 aromatic carbocycles. The first-order chi connectivity index (χ1) is 7.99. The van der Waals surface area contributed by atoms with E-state index in [9.17, 15) is 9.59 Å². The summed E-state index contributed by atoms with van der Waals surface area (Å²) in [5, 5.41) is 17.5. The van der Waals surface area contributed by atoms with Gasteiger partial charge in [-0.25, -0.2) is 4.79 Å². The molecule has 0 aromatic heterocycles. The predicted molar refractivity (Wildman–Crippen MR) is 66.6 cm³/mol. The maximum absolute atomic E-state index is 10.9. The Morgan fingerprint density at radius 2 is 1.94 bits per heavy atom. The van der Waals surface area contributed by atoms with Crippen molar-refractivity contribution in [1.82, 2.24) is 0 Å². The molecule has 17 heavy (non-hydrogen) atoms. The Morgan fingerprint density at radius 1 is 1.24 bits per heavy atom. The molecule has 90 valence electrons. The van der Waals surface area contributed by atoms with E-state index in [0.29, 0.717) is 0 Å². The van der Waals surface area contributed by atoms with Crippen LogP contribution in [-0.2, 0) is 9.59 Å². The number of hydrogen-bond donors (Lipinski definition) is 2. The van der Waals surface area contributed by atoms with Crippen molar-refractivity contribution in [2.24, 2.45) is 0 Å². The SMILES string of the molecule is O=C(O)CC/C(=C\c1cccc(Br)c1)C(=O)O. The summed E-state index contributed by atoms with van der Waals surface area (Å²) in [6, 6.07) is 7.14. The van der Waals surface area contributed by atoms with Gasteiger partial charge in [-0.2, -0.15) is 0 Å². The predicted octanol–water partition coefficient (Wildman–Crippen LogP) is 2.78. The molecule has 0 heterocycles. The van der Waals surface area contributed by atoms with Crippen LogP contribution in [0.3, 0.4) is 0 Å². The minimum absolute atomic E-state index is 0.0111. The number of aliphatic carboxylic acids is 2. The average molecular weight is 299 g/mol. The molecule has 0 atom stereocenters. The fourth-order valence-electron chi connectivity index (χ4n) is 1.28. The molecular weight excluding hydrogens is 288 g/mol. The quantitative estimate of drug-likeness (QED) is 0.820. The van der Waals surface area contributed by atoms with Gasteiger partial charge in [-0.1, -0.05) is 28.1 Å². The van der Waals surface area contributed by atoms with Crippen molar-refractivity contribution in [2.45, 2.75) is 12.8 Å². The number of hydrogen-bond acceptors (Lipinski definition) is 2. The van der Waals surface area contributed by atoms with E-state index < -0.39 is 11.9 Å². The van der Waals surface area contributed by atoms with E-state index >= 15 is 0 Å². The summed E-state index contributed by atoms with van der Waals surface area (Å²) in [7, 11) is 0. The summed E-state index contributed by atoms with van der Waals surface area (Å²) >= 11 is 3.28. The zero-order valence-corrected chi connectivity index (χ0v) is 10.5. The maximum atomic E-state index is 10.9. The fraction of sp³-hybridized carbons (Fsp3) is 0.167. The van der Waals surface area contributed by atoms with Crippen LogP contribution in [0.4, 0.5) is 0 Å². The zero-order valence-electron chi connectivity index (χ0n) is 8.89. The molecule has 4 nitrogen and oxygen atoms in total. The van der Waals surface area contributed by atoms with E-state index in [4.69, 9.17) is 10.2 Å². The molecule has 0 unspecified atom stereocenters. The summed E-state index contributed by atoms with van der Waals surface area (Å²) in [6.07, 6.45) is 1.30. The molecule has 1 rings (SSSR count). The number of carboxylic acid groups (broad SMARTS) is 2. The number of carboxylic acids is 2. The van der Waals surface area contributed by atoms with E-state index in [-0.39, 0.29) is 18.4 Å². The van der Waals surface area contributed by atoms with Crippen molar-refractivity contribution in [1.29, 1.82) is 0 Å². The Balaban J connectivity index is 2.90. The van der Waals surface area contributed by atoms with E-state index in [0.717, 1.165) is 10.0 Å². The van der Waals surface area contributed by atoms with Gasteiger partial charge in [0, 0.05) is 16.5 Å². The minimum atomic E-state index is -1.09. The first-order valence-electron chi connectivity index (χ1n) is 4.90. The van der Waals surface area contributed by atoms with Crippen molar-refractivity contribution in [3.05, 3.63) is 39.9 Å². The van der Waals surface area contributed by atoms with Crippen molar-refractivity contribution >= 4 is 33.9 Å². The normalized spacial score (nSPS) is 11.2. The molecule has 0 saturated carbocycles. The van der Waals surface area contributed by atoms with Crippen molar-refractivity contribution in [3.63, 3.8) is 0 Å². The average Bonchev–Trinajstić information content (AvgIpc) is 2.23. The fourth-order valence-corrected chi connectivity index (χ4v) is 1.70. The van der Waals surface area contributed by atoms with Crippen LogP contribution >= 0.6 is 15.9 Å². The highest BCUT2D eigenvalue weighted by molar-refractivity contribution is 9.10. The van der Waals surface area contributed by atoms with Gasteiger partial charge in [-0.3, -0.25) is 4.79 Å². The molecule has 0 amide bonds. The Labute approximate surface area is 107 Å². The monoisotopic (exact) mass is 298 g/mol. The van der Waals surface area contributed by atoms with Gasteiger partial charge in [0.2, 0.25) is 0 Å². The van der Waals surface area contributed by atoms with E-state index in [2.05, 4.69) is 15.9 Å². The Bertz CT molecular complexity index is 465. The van der Waals surface area contributed by atoms with E-state index in [1.165, 1.54) is 6.08 Å². The molecule has 0 spiro atoms. The highest BCUT2D eigenvalue weighted by Crippen LogP contribution is 2.16. The smallest absolute Gasteiger partial charge is 0.331 e. The van der Waals surface area contributed by atoms with Crippen LogP contribution in [0.2, 0.25) is 0 Å². The first-order valence-corrected chi connectivity index (χ1v) is 5.69. The largest absolute Gasteiger partial charge is 0.481 e. The summed E-state index contributed by atoms with van der Waals surface area (Å²) < 4.78 is 0.842. The van der Waals surface area contributed by atoms with Gasteiger partial charge in [-0.05, 0) is 30.2 Å². The highest BCUT2D eigenvalue weighted by Gasteiger charge is 2.09. The van der Waals surface area contributed by atoms with Crippen molar-refractivity contribution in [3.8, 4) is 0 Å². The van der Waals surface area contributed by atoms with Gasteiger partial charge in [-0.15, -0.1) is 0 Å². The molecule has 5 heteroatoms. The Kier molecular flexibility index (Phi) is 4.90. The number of carbonyl (C=O) groups is 2. The molecule has 0 aliphatic heterocycles. The van der Waals surface area contributed by atoms with Crippen LogP contribution in [0.5, 0.6) is 0 Å². The van der Waals surface area contributed by atoms with Crippen molar-refractivity contribution in [2.75, 3.05) is 0 Å². The van der Waals surface area contributed by atoms with E-state index in [1.807, 2.05) is 6.07 Å². The van der Waals surface area contributed by atoms with Crippen molar-refractivity contribution < 1.29 is 19.8 Å². The molecule has 0 aliphatic carbocycles. The van der Waals surface area contributed by atoms with Gasteiger partial charge in [0.25, 0.3) is 0 Å². The first kappa shape index (κ1) is 13.4. The third-order valence-electron chi connectivity index (χ3n) is 2.07. The van der Waals surface area contributed by atoms with E-state index in [1.54, 1.807) is 18.2 Å². The zero-order chi connectivity index (χ0) is 12.8. The van der Waals surface area contributed by atoms with Gasteiger partial charge in [0.1, 0.15) is 0 Å². The molecular formula is C12H11BrO4. The summed E-state index contributed by atoms with van der Waals surface area (Å²) in [4.78, 5) is 21.3. The second-order valence-electron chi connectivity index (χ2n) is 3.42. The lowest BCUT2D eigenvalue weighted by atomic mass is 10.1. The maximum Gasteiger partial charge on any atom is 0.331 e. The topological polar surface area (TPSA) is 74.6 Å². The second-order valence-corrected chi connectivity index (χ2v) is 4.34. The highest BCUT2D eigenvalue weighted by atomic mass is 79.9. The van der Waals surface area contributed by atoms with Gasteiger partial charge < -0.3 is 10.2 Å². The summed E-state index contributed by atoms with van der Waals surface area (Å²) in [5.74, 6) is -2.10. The lowest BCUT2D eigenvalue weighted by Gasteiger charge is -2.01. The molecule has 0 saturated heterocycles. The van der Waals surface area contributed by atoms with Crippen LogP contribution in [0.15, 0.2) is 34.3 Å². The van der Waals surface area contributed by atoms with Gasteiger partial charge in [0.05, 0.1) is 0 Å². The summed E-state index contributed by atoms with van der Waals surface area (Å²) in [5.41, 5.74) is 0.813. The standard InChI is InChI=1S/C12H11BrO4/c13-10-3-1-2-8(7-10)6-9(12(16)17)4-5-11(14)15/h1-3,6-7H,4-5H2,(H,14,15)(H,16,17)/b9-6+. The lowest BCUT2D eigenvalue weighted by Crippen LogP contribution is -2.04. The molecule has 1 aromatic rings. The van der Waals surface area contributed by atoms with Crippen LogP contribution in [0.25, 0.3) is 6.08 Å². The number of halogens is 1. The van der Waals surface area contributed by atoms with Crippen LogP contribution < -0.4 is 0 Å². The molecule has 2 N–H and O–H groups in total. The third kappa shape index (κ3) is 4.82. The van der Waals surface area contributed by atoms with Gasteiger partial charge >= 0.3 is 11.9 Å². The molecule has 0 bridgehead atoms. The second kappa shape index (κ2) is 6.20. The Hall–Kier alpha value is -1.62. The number of benzene rings is 1. The van der Waals surface area contributed by atoms with Crippen LogP contribution in [-0.4, -0.2) is 22.2 Å². The molecule has 0 fully saturated rings.